The number of hydrogen-bond donors (Lipinski definition) is 2. The Kier molecular flexibility index (Phi) is 5.68. The molecule has 0 aliphatic heterocycles. The summed E-state index contributed by atoms with van der Waals surface area (Å²) in [5, 5.41) is 10.3. The SMILES string of the molecule is CCc1ccc(-c2nc(SCC(=O)Nc3ccc(F)c(C)c3)n[nH]2)cc1. The van der Waals surface area contributed by atoms with Gasteiger partial charge in [0.05, 0.1) is 5.75 Å². The molecule has 0 atom stereocenters. The predicted molar refractivity (Wildman–Crippen MR) is 102 cm³/mol. The number of anilines is 1. The van der Waals surface area contributed by atoms with Crippen molar-refractivity contribution in [1.29, 1.82) is 0 Å². The third-order valence-corrected chi connectivity index (χ3v) is 4.72. The molecule has 1 heterocycles. The minimum Gasteiger partial charge on any atom is -0.325 e. The molecular weight excluding hydrogens is 351 g/mol. The average molecular weight is 370 g/mol. The first-order valence-electron chi connectivity index (χ1n) is 8.25. The number of H-pyrrole nitrogens is 1. The van der Waals surface area contributed by atoms with Gasteiger partial charge >= 0.3 is 0 Å². The van der Waals surface area contributed by atoms with Crippen LogP contribution in [0, 0.1) is 12.7 Å². The van der Waals surface area contributed by atoms with Gasteiger partial charge in [-0.15, -0.1) is 5.10 Å². The molecule has 3 aromatic rings. The van der Waals surface area contributed by atoms with Gasteiger partial charge in [-0.25, -0.2) is 9.37 Å². The molecule has 0 fully saturated rings. The average Bonchev–Trinajstić information content (AvgIpc) is 3.12. The Morgan fingerprint density at radius 1 is 1.23 bits per heavy atom. The van der Waals surface area contributed by atoms with Gasteiger partial charge in [-0.3, -0.25) is 9.89 Å². The lowest BCUT2D eigenvalue weighted by molar-refractivity contribution is -0.113. The smallest absolute Gasteiger partial charge is 0.234 e. The van der Waals surface area contributed by atoms with Crippen LogP contribution >= 0.6 is 11.8 Å². The fraction of sp³-hybridized carbons (Fsp3) is 0.211. The number of thioether (sulfide) groups is 1. The molecular formula is C19H19FN4OS. The maximum absolute atomic E-state index is 13.3. The highest BCUT2D eigenvalue weighted by molar-refractivity contribution is 7.99. The first-order chi connectivity index (χ1) is 12.5. The monoisotopic (exact) mass is 370 g/mol. The van der Waals surface area contributed by atoms with Gasteiger partial charge in [-0.05, 0) is 42.7 Å². The molecule has 0 radical (unpaired) electrons. The van der Waals surface area contributed by atoms with Gasteiger partial charge in [0.25, 0.3) is 0 Å². The van der Waals surface area contributed by atoms with E-state index in [0.29, 0.717) is 22.2 Å². The first-order valence-corrected chi connectivity index (χ1v) is 9.24. The molecule has 0 spiro atoms. The fourth-order valence-corrected chi connectivity index (χ4v) is 2.99. The highest BCUT2D eigenvalue weighted by Gasteiger charge is 2.10. The van der Waals surface area contributed by atoms with Crippen LogP contribution in [0.2, 0.25) is 0 Å². The van der Waals surface area contributed by atoms with E-state index in [-0.39, 0.29) is 17.5 Å². The summed E-state index contributed by atoms with van der Waals surface area (Å²) < 4.78 is 13.3. The molecule has 5 nitrogen and oxygen atoms in total. The molecule has 0 bridgehead atoms. The number of amides is 1. The summed E-state index contributed by atoms with van der Waals surface area (Å²) in [6.07, 6.45) is 0.987. The van der Waals surface area contributed by atoms with Crippen molar-refractivity contribution in [3.63, 3.8) is 0 Å². The number of rotatable bonds is 6. The fourth-order valence-electron chi connectivity index (χ4n) is 2.39. The molecule has 3 rings (SSSR count). The van der Waals surface area contributed by atoms with Crippen LogP contribution in [0.4, 0.5) is 10.1 Å². The number of benzene rings is 2. The van der Waals surface area contributed by atoms with Crippen LogP contribution in [0.1, 0.15) is 18.1 Å². The second-order valence-electron chi connectivity index (χ2n) is 5.82. The predicted octanol–water partition coefficient (Wildman–Crippen LogP) is 4.21. The summed E-state index contributed by atoms with van der Waals surface area (Å²) in [6, 6.07) is 12.6. The largest absolute Gasteiger partial charge is 0.325 e. The Morgan fingerprint density at radius 2 is 2.00 bits per heavy atom. The Hall–Kier alpha value is -2.67. The van der Waals surface area contributed by atoms with Crippen LogP contribution < -0.4 is 5.32 Å². The van der Waals surface area contributed by atoms with Gasteiger partial charge in [0, 0.05) is 11.3 Å². The molecule has 0 unspecified atom stereocenters. The van der Waals surface area contributed by atoms with Crippen molar-refractivity contribution in [1.82, 2.24) is 15.2 Å². The summed E-state index contributed by atoms with van der Waals surface area (Å²) in [7, 11) is 0. The van der Waals surface area contributed by atoms with Gasteiger partial charge in [0.15, 0.2) is 5.82 Å². The number of carbonyl (C=O) groups excluding carboxylic acids is 1. The quantitative estimate of drug-likeness (QED) is 0.638. The van der Waals surface area contributed by atoms with E-state index in [4.69, 9.17) is 0 Å². The normalized spacial score (nSPS) is 10.7. The van der Waals surface area contributed by atoms with Crippen molar-refractivity contribution >= 4 is 23.4 Å². The van der Waals surface area contributed by atoms with E-state index < -0.39 is 0 Å². The molecule has 134 valence electrons. The zero-order valence-electron chi connectivity index (χ0n) is 14.5. The van der Waals surface area contributed by atoms with Crippen molar-refractivity contribution in [2.45, 2.75) is 25.4 Å². The zero-order valence-corrected chi connectivity index (χ0v) is 15.4. The van der Waals surface area contributed by atoms with Gasteiger partial charge in [0.1, 0.15) is 5.82 Å². The Morgan fingerprint density at radius 3 is 2.69 bits per heavy atom. The summed E-state index contributed by atoms with van der Waals surface area (Å²) in [4.78, 5) is 16.4. The van der Waals surface area contributed by atoms with E-state index in [1.54, 1.807) is 13.0 Å². The third kappa shape index (κ3) is 4.49. The summed E-state index contributed by atoms with van der Waals surface area (Å²) in [5.74, 6) is 0.352. The number of aromatic amines is 1. The molecule has 1 aromatic heterocycles. The lowest BCUT2D eigenvalue weighted by atomic mass is 10.1. The minimum atomic E-state index is -0.294. The van der Waals surface area contributed by atoms with Crippen LogP contribution in [0.5, 0.6) is 0 Å². The Bertz CT molecular complexity index is 908. The van der Waals surface area contributed by atoms with Gasteiger partial charge < -0.3 is 5.32 Å². The topological polar surface area (TPSA) is 70.7 Å². The number of halogens is 1. The molecule has 2 N–H and O–H groups in total. The molecule has 0 saturated carbocycles. The molecule has 0 aliphatic rings. The third-order valence-electron chi connectivity index (χ3n) is 3.87. The molecule has 1 amide bonds. The van der Waals surface area contributed by atoms with Gasteiger partial charge in [-0.2, -0.15) is 0 Å². The van der Waals surface area contributed by atoms with E-state index in [1.807, 2.05) is 12.1 Å². The summed E-state index contributed by atoms with van der Waals surface area (Å²) >= 11 is 1.24. The first kappa shape index (κ1) is 18.1. The molecule has 0 aliphatic carbocycles. The van der Waals surface area contributed by atoms with Crippen molar-refractivity contribution in [2.75, 3.05) is 11.1 Å². The van der Waals surface area contributed by atoms with E-state index >= 15 is 0 Å². The van der Waals surface area contributed by atoms with Crippen LogP contribution in [-0.4, -0.2) is 26.8 Å². The Labute approximate surface area is 155 Å². The molecule has 7 heteroatoms. The maximum atomic E-state index is 13.3. The van der Waals surface area contributed by atoms with E-state index in [9.17, 15) is 9.18 Å². The van der Waals surface area contributed by atoms with E-state index in [0.717, 1.165) is 12.0 Å². The summed E-state index contributed by atoms with van der Waals surface area (Å²) in [6.45, 7) is 3.76. The number of carbonyl (C=O) groups is 1. The number of hydrogen-bond acceptors (Lipinski definition) is 4. The van der Waals surface area contributed by atoms with Crippen molar-refractivity contribution in [3.05, 3.63) is 59.4 Å². The number of nitrogens with zero attached hydrogens (tertiary/aromatic N) is 2. The highest BCUT2D eigenvalue weighted by Crippen LogP contribution is 2.20. The van der Waals surface area contributed by atoms with Gasteiger partial charge in [-0.1, -0.05) is 43.0 Å². The molecule has 2 aromatic carbocycles. The number of aromatic nitrogens is 3. The standard InChI is InChI=1S/C19H19FN4OS/c1-3-13-4-6-14(7-5-13)18-22-19(24-23-18)26-11-17(25)21-15-8-9-16(20)12(2)10-15/h4-10H,3,11H2,1-2H3,(H,21,25)(H,22,23,24). The van der Waals surface area contributed by atoms with Crippen LogP contribution in [0.25, 0.3) is 11.4 Å². The molecule has 26 heavy (non-hydrogen) atoms. The van der Waals surface area contributed by atoms with E-state index in [1.165, 1.54) is 29.5 Å². The molecule has 0 saturated heterocycles. The van der Waals surface area contributed by atoms with Crippen LogP contribution in [-0.2, 0) is 11.2 Å². The lowest BCUT2D eigenvalue weighted by Crippen LogP contribution is -2.14. The van der Waals surface area contributed by atoms with Crippen molar-refractivity contribution < 1.29 is 9.18 Å². The Balaban J connectivity index is 1.56. The van der Waals surface area contributed by atoms with Crippen molar-refractivity contribution in [3.8, 4) is 11.4 Å². The highest BCUT2D eigenvalue weighted by atomic mass is 32.2. The van der Waals surface area contributed by atoms with E-state index in [2.05, 4.69) is 39.6 Å². The summed E-state index contributed by atoms with van der Waals surface area (Å²) in [5.41, 5.74) is 3.27. The second-order valence-corrected chi connectivity index (χ2v) is 6.76. The number of aryl methyl sites for hydroxylation is 2. The minimum absolute atomic E-state index is 0.169. The second kappa shape index (κ2) is 8.14. The van der Waals surface area contributed by atoms with Crippen LogP contribution in [0.15, 0.2) is 47.6 Å². The zero-order chi connectivity index (χ0) is 18.5. The van der Waals surface area contributed by atoms with Crippen molar-refractivity contribution in [2.24, 2.45) is 0 Å². The number of nitrogens with one attached hydrogen (secondary N) is 2. The lowest BCUT2D eigenvalue weighted by Gasteiger charge is -2.05. The maximum Gasteiger partial charge on any atom is 0.234 e. The van der Waals surface area contributed by atoms with Crippen LogP contribution in [0.3, 0.4) is 0 Å². The van der Waals surface area contributed by atoms with Gasteiger partial charge in [0.2, 0.25) is 11.1 Å².